The second-order valence-electron chi connectivity index (χ2n) is 7.04. The molecule has 1 amide bonds. The number of aromatic nitrogens is 4. The number of hydrogen-bond donors (Lipinski definition) is 0. The van der Waals surface area contributed by atoms with E-state index in [1.54, 1.807) is 0 Å². The Bertz CT molecular complexity index is 1030. The predicted octanol–water partition coefficient (Wildman–Crippen LogP) is 2.21. The first kappa shape index (κ1) is 19.1. The Kier molecular flexibility index (Phi) is 5.30. The number of nitrogens with zero attached hydrogens (tertiary/aromatic N) is 6. The van der Waals surface area contributed by atoms with Gasteiger partial charge in [0, 0.05) is 37.8 Å². The van der Waals surface area contributed by atoms with Crippen LogP contribution in [0.4, 0.5) is 8.78 Å². The minimum absolute atomic E-state index is 0.0278. The highest BCUT2D eigenvalue weighted by Crippen LogP contribution is 2.16. The number of aryl methyl sites for hydroxylation is 1. The van der Waals surface area contributed by atoms with Gasteiger partial charge in [0.25, 0.3) is 5.91 Å². The lowest BCUT2D eigenvalue weighted by atomic mass is 10.1. The molecule has 1 aromatic heterocycles. The molecule has 0 unspecified atom stereocenters. The van der Waals surface area contributed by atoms with E-state index in [0.717, 1.165) is 17.7 Å². The summed E-state index contributed by atoms with van der Waals surface area (Å²) >= 11 is 0. The quantitative estimate of drug-likeness (QED) is 0.674. The Balaban J connectivity index is 1.40. The van der Waals surface area contributed by atoms with Crippen LogP contribution in [0.1, 0.15) is 21.7 Å². The summed E-state index contributed by atoms with van der Waals surface area (Å²) in [4.78, 5) is 16.6. The third-order valence-electron chi connectivity index (χ3n) is 4.97. The molecule has 0 atom stereocenters. The number of carbonyl (C=O) groups excluding carboxylic acids is 1. The van der Waals surface area contributed by atoms with Gasteiger partial charge in [-0.25, -0.2) is 8.78 Å². The number of rotatable bonds is 4. The van der Waals surface area contributed by atoms with Gasteiger partial charge in [-0.15, -0.1) is 5.10 Å². The van der Waals surface area contributed by atoms with Gasteiger partial charge in [0.2, 0.25) is 0 Å². The number of carbonyl (C=O) groups is 1. The second kappa shape index (κ2) is 8.04. The summed E-state index contributed by atoms with van der Waals surface area (Å²) in [7, 11) is 0. The second-order valence-corrected chi connectivity index (χ2v) is 7.04. The molecular weight excluding hydrogens is 378 g/mol. The summed E-state index contributed by atoms with van der Waals surface area (Å²) < 4.78 is 28.1. The predicted molar refractivity (Wildman–Crippen MR) is 101 cm³/mol. The molecule has 0 bridgehead atoms. The number of piperazine rings is 1. The molecule has 3 aromatic rings. The largest absolute Gasteiger partial charge is 0.336 e. The van der Waals surface area contributed by atoms with E-state index in [4.69, 9.17) is 0 Å². The fourth-order valence-corrected chi connectivity index (χ4v) is 3.39. The maximum atomic E-state index is 13.5. The molecule has 0 aliphatic carbocycles. The standard InChI is InChI=1S/C20H20F2N6O/c1-14-3-2-4-15(11-14)20(29)27-9-7-26(8-10-27)13-19-23-24-25-28(19)16-5-6-17(21)18(22)12-16/h2-6,11-12H,7-10,13H2,1H3. The highest BCUT2D eigenvalue weighted by Gasteiger charge is 2.24. The van der Waals surface area contributed by atoms with Gasteiger partial charge in [-0.05, 0) is 41.6 Å². The Labute approximate surface area is 166 Å². The molecular formula is C20H20F2N6O. The Hall–Kier alpha value is -3.20. The summed E-state index contributed by atoms with van der Waals surface area (Å²) in [6, 6.07) is 11.1. The molecule has 4 rings (SSSR count). The van der Waals surface area contributed by atoms with Crippen LogP contribution in [0.5, 0.6) is 0 Å². The van der Waals surface area contributed by atoms with Crippen molar-refractivity contribution in [2.45, 2.75) is 13.5 Å². The normalized spacial score (nSPS) is 14.9. The molecule has 0 radical (unpaired) electrons. The molecule has 1 aliphatic heterocycles. The van der Waals surface area contributed by atoms with E-state index in [0.29, 0.717) is 49.8 Å². The van der Waals surface area contributed by atoms with E-state index in [9.17, 15) is 13.6 Å². The van der Waals surface area contributed by atoms with Gasteiger partial charge in [-0.1, -0.05) is 17.7 Å². The molecule has 1 fully saturated rings. The average Bonchev–Trinajstić information content (AvgIpc) is 3.18. The van der Waals surface area contributed by atoms with Crippen molar-refractivity contribution in [3.05, 3.63) is 71.1 Å². The molecule has 9 heteroatoms. The van der Waals surface area contributed by atoms with E-state index >= 15 is 0 Å². The van der Waals surface area contributed by atoms with Crippen molar-refractivity contribution in [1.82, 2.24) is 30.0 Å². The molecule has 0 N–H and O–H groups in total. The number of halogens is 2. The van der Waals surface area contributed by atoms with Crippen molar-refractivity contribution in [1.29, 1.82) is 0 Å². The highest BCUT2D eigenvalue weighted by molar-refractivity contribution is 5.94. The lowest BCUT2D eigenvalue weighted by Crippen LogP contribution is -2.48. The zero-order valence-electron chi connectivity index (χ0n) is 15.9. The fourth-order valence-electron chi connectivity index (χ4n) is 3.39. The average molecular weight is 398 g/mol. The molecule has 0 spiro atoms. The van der Waals surface area contributed by atoms with Crippen molar-refractivity contribution >= 4 is 5.91 Å². The Morgan fingerprint density at radius 1 is 1.03 bits per heavy atom. The van der Waals surface area contributed by atoms with Crippen LogP contribution in [-0.2, 0) is 6.54 Å². The van der Waals surface area contributed by atoms with E-state index in [1.165, 1.54) is 10.7 Å². The topological polar surface area (TPSA) is 67.2 Å². The molecule has 1 aliphatic rings. The van der Waals surface area contributed by atoms with E-state index < -0.39 is 11.6 Å². The molecule has 1 saturated heterocycles. The Morgan fingerprint density at radius 2 is 1.83 bits per heavy atom. The van der Waals surface area contributed by atoms with Crippen LogP contribution in [-0.4, -0.2) is 62.1 Å². The van der Waals surface area contributed by atoms with Crippen molar-refractivity contribution in [2.75, 3.05) is 26.2 Å². The summed E-state index contributed by atoms with van der Waals surface area (Å²) in [5.41, 5.74) is 2.11. The van der Waals surface area contributed by atoms with Crippen LogP contribution in [0.15, 0.2) is 42.5 Å². The smallest absolute Gasteiger partial charge is 0.253 e. The Morgan fingerprint density at radius 3 is 2.55 bits per heavy atom. The molecule has 2 aromatic carbocycles. The monoisotopic (exact) mass is 398 g/mol. The van der Waals surface area contributed by atoms with Gasteiger partial charge in [-0.3, -0.25) is 9.69 Å². The number of tetrazole rings is 1. The zero-order valence-corrected chi connectivity index (χ0v) is 15.9. The van der Waals surface area contributed by atoms with Crippen molar-refractivity contribution in [3.8, 4) is 5.69 Å². The number of hydrogen-bond acceptors (Lipinski definition) is 5. The van der Waals surface area contributed by atoms with Crippen LogP contribution >= 0.6 is 0 Å². The van der Waals surface area contributed by atoms with Crippen molar-refractivity contribution in [2.24, 2.45) is 0 Å². The highest BCUT2D eigenvalue weighted by atomic mass is 19.2. The summed E-state index contributed by atoms with van der Waals surface area (Å²) in [5, 5.41) is 11.6. The minimum atomic E-state index is -0.952. The van der Waals surface area contributed by atoms with Gasteiger partial charge >= 0.3 is 0 Å². The molecule has 7 nitrogen and oxygen atoms in total. The van der Waals surface area contributed by atoms with E-state index in [2.05, 4.69) is 20.4 Å². The van der Waals surface area contributed by atoms with Crippen LogP contribution < -0.4 is 0 Å². The summed E-state index contributed by atoms with van der Waals surface area (Å²) in [6.07, 6.45) is 0. The first-order valence-corrected chi connectivity index (χ1v) is 9.32. The molecule has 2 heterocycles. The lowest BCUT2D eigenvalue weighted by molar-refractivity contribution is 0.0624. The summed E-state index contributed by atoms with van der Waals surface area (Å²) in [6.45, 7) is 4.94. The van der Waals surface area contributed by atoms with Gasteiger partial charge in [-0.2, -0.15) is 4.68 Å². The third-order valence-corrected chi connectivity index (χ3v) is 4.97. The zero-order chi connectivity index (χ0) is 20.4. The van der Waals surface area contributed by atoms with E-state index in [-0.39, 0.29) is 5.91 Å². The summed E-state index contributed by atoms with van der Waals surface area (Å²) in [5.74, 6) is -1.32. The fraction of sp³-hybridized carbons (Fsp3) is 0.300. The minimum Gasteiger partial charge on any atom is -0.336 e. The van der Waals surface area contributed by atoms with Crippen molar-refractivity contribution in [3.63, 3.8) is 0 Å². The van der Waals surface area contributed by atoms with Gasteiger partial charge in [0.15, 0.2) is 17.5 Å². The molecule has 0 saturated carbocycles. The van der Waals surface area contributed by atoms with Gasteiger partial charge in [0.05, 0.1) is 12.2 Å². The van der Waals surface area contributed by atoms with Crippen molar-refractivity contribution < 1.29 is 13.6 Å². The lowest BCUT2D eigenvalue weighted by Gasteiger charge is -2.34. The number of benzene rings is 2. The first-order chi connectivity index (χ1) is 14.0. The van der Waals surface area contributed by atoms with Crippen LogP contribution in [0.2, 0.25) is 0 Å². The molecule has 150 valence electrons. The van der Waals surface area contributed by atoms with Gasteiger partial charge in [0.1, 0.15) is 0 Å². The third kappa shape index (κ3) is 4.14. The van der Waals surface area contributed by atoms with Crippen LogP contribution in [0, 0.1) is 18.6 Å². The SMILES string of the molecule is Cc1cccc(C(=O)N2CCN(Cc3nnnn3-c3ccc(F)c(F)c3)CC2)c1. The maximum absolute atomic E-state index is 13.5. The number of amides is 1. The van der Waals surface area contributed by atoms with E-state index in [1.807, 2.05) is 36.1 Å². The van der Waals surface area contributed by atoms with Crippen LogP contribution in [0.25, 0.3) is 5.69 Å². The molecule has 29 heavy (non-hydrogen) atoms. The van der Waals surface area contributed by atoms with Crippen LogP contribution in [0.3, 0.4) is 0 Å². The van der Waals surface area contributed by atoms with Gasteiger partial charge < -0.3 is 4.90 Å². The maximum Gasteiger partial charge on any atom is 0.253 e. The first-order valence-electron chi connectivity index (χ1n) is 9.32.